The van der Waals surface area contributed by atoms with Crippen LogP contribution in [0.5, 0.6) is 5.75 Å². The van der Waals surface area contributed by atoms with Crippen LogP contribution in [0.3, 0.4) is 0 Å². The normalized spacial score (nSPS) is 31.6. The Morgan fingerprint density at radius 1 is 1.11 bits per heavy atom. The van der Waals surface area contributed by atoms with Gasteiger partial charge in [-0.3, -0.25) is 19.3 Å². The molecule has 0 radical (unpaired) electrons. The number of aromatic hydroxyl groups is 1. The van der Waals surface area contributed by atoms with Gasteiger partial charge in [0.25, 0.3) is 5.91 Å². The highest BCUT2D eigenvalue weighted by Crippen LogP contribution is 2.56. The second kappa shape index (κ2) is 9.09. The number of likely N-dealkylation sites (N-methyl/N-ethyl adjacent to an activating group) is 1. The first-order valence-corrected chi connectivity index (χ1v) is 11.9. The molecule has 0 fully saturated rings. The van der Waals surface area contributed by atoms with Crippen molar-refractivity contribution in [1.29, 1.82) is 0 Å². The Hall–Kier alpha value is -3.99. The van der Waals surface area contributed by atoms with Crippen LogP contribution in [0.4, 0.5) is 0 Å². The van der Waals surface area contributed by atoms with Gasteiger partial charge in [0.05, 0.1) is 17.2 Å². The molecule has 0 heterocycles. The number of Topliss-reactive ketones (excluding diaryl/α,β-unsaturated/α-hetero) is 2. The first-order valence-electron chi connectivity index (χ1n) is 11.9. The van der Waals surface area contributed by atoms with E-state index >= 15 is 0 Å². The zero-order chi connectivity index (χ0) is 28.3. The third-order valence-electron chi connectivity index (χ3n) is 7.75. The van der Waals surface area contributed by atoms with Gasteiger partial charge in [-0.15, -0.1) is 0 Å². The van der Waals surface area contributed by atoms with Crippen molar-refractivity contribution in [2.75, 3.05) is 14.1 Å². The molecule has 1 aromatic rings. The summed E-state index contributed by atoms with van der Waals surface area (Å²) in [6.07, 6.45) is 7.69. The second-order valence-corrected chi connectivity index (χ2v) is 10.3. The summed E-state index contributed by atoms with van der Waals surface area (Å²) < 4.78 is 0. The van der Waals surface area contributed by atoms with Crippen LogP contribution in [0.15, 0.2) is 77.3 Å². The number of nitrogens with zero attached hydrogens (tertiary/aromatic N) is 1. The highest BCUT2D eigenvalue weighted by molar-refractivity contribution is 6.24. The summed E-state index contributed by atoms with van der Waals surface area (Å²) in [6.45, 7) is 5.08. The lowest BCUT2D eigenvalue weighted by atomic mass is 9.55. The van der Waals surface area contributed by atoms with Gasteiger partial charge in [-0.05, 0) is 44.6 Å². The molecular formula is C28H30N2O8. The van der Waals surface area contributed by atoms with Crippen LogP contribution in [-0.4, -0.2) is 73.6 Å². The molecule has 0 bridgehead atoms. The summed E-state index contributed by atoms with van der Waals surface area (Å²) in [4.78, 5) is 39.9. The van der Waals surface area contributed by atoms with Gasteiger partial charge in [0, 0.05) is 17.4 Å². The SMILES string of the molecule is C=C1C=CC=C1.CN(C)[C@@H]1C(O)=C(C(N)=O)C(=O)[C@@]2(O)C(O)=C3C(=O)c4c(O)cccc4[C@@](C)(O)[C@H]3C[C@@H]12. The lowest BCUT2D eigenvalue weighted by Gasteiger charge is -2.52. The van der Waals surface area contributed by atoms with E-state index in [1.165, 1.54) is 44.1 Å². The highest BCUT2D eigenvalue weighted by Gasteiger charge is 2.65. The largest absolute Gasteiger partial charge is 0.510 e. The van der Waals surface area contributed by atoms with Crippen molar-refractivity contribution in [2.45, 2.75) is 30.6 Å². The maximum atomic E-state index is 13.3. The quantitative estimate of drug-likeness (QED) is 0.313. The number of primary amides is 1. The Bertz CT molecular complexity index is 1380. The Balaban J connectivity index is 0.000000494. The van der Waals surface area contributed by atoms with Crippen molar-refractivity contribution in [3.05, 3.63) is 88.4 Å². The summed E-state index contributed by atoms with van der Waals surface area (Å²) in [5, 5.41) is 55.0. The van der Waals surface area contributed by atoms with Crippen LogP contribution in [-0.2, 0) is 15.2 Å². The number of rotatable bonds is 2. The fourth-order valence-electron chi connectivity index (χ4n) is 5.92. The topological polar surface area (TPSA) is 182 Å². The number of ketones is 2. The molecule has 0 aliphatic heterocycles. The van der Waals surface area contributed by atoms with Gasteiger partial charge in [-0.2, -0.15) is 0 Å². The van der Waals surface area contributed by atoms with E-state index in [2.05, 4.69) is 6.58 Å². The van der Waals surface area contributed by atoms with E-state index < -0.39 is 75.0 Å². The first-order chi connectivity index (χ1) is 17.7. The number of carbonyl (C=O) groups excluding carboxylic acids is 3. The Kier molecular flexibility index (Phi) is 6.47. The zero-order valence-corrected chi connectivity index (χ0v) is 21.2. The third-order valence-corrected chi connectivity index (χ3v) is 7.75. The van der Waals surface area contributed by atoms with Gasteiger partial charge in [0.1, 0.15) is 22.8 Å². The zero-order valence-electron chi connectivity index (χ0n) is 21.2. The van der Waals surface area contributed by atoms with Crippen molar-refractivity contribution in [3.8, 4) is 5.75 Å². The number of aliphatic hydroxyl groups excluding tert-OH is 2. The molecule has 1 amide bonds. The van der Waals surface area contributed by atoms with Crippen molar-refractivity contribution >= 4 is 17.5 Å². The smallest absolute Gasteiger partial charge is 0.255 e. The number of allylic oxidation sites excluding steroid dienone is 5. The lowest BCUT2D eigenvalue weighted by Crippen LogP contribution is -2.65. The minimum absolute atomic E-state index is 0.135. The standard InChI is InChI=1S/C22H24N2O8.C6H6/c1-21(31)8-5-4-6-11(25)12(8)16(26)13-9(21)7-10-15(24(2)3)17(27)14(20(23)30)19(29)22(10,32)18(13)28;1-6-4-2-3-5-6/h4-6,9-10,15,25,27-28,31-32H,7H2,1-3H3,(H2,23,30);2-5H,1H2/t9-,10-,15-,21+,22-;/m0./s1. The summed E-state index contributed by atoms with van der Waals surface area (Å²) in [6, 6.07) is 3.05. The molecule has 0 saturated carbocycles. The van der Waals surface area contributed by atoms with Crippen LogP contribution in [0.2, 0.25) is 0 Å². The summed E-state index contributed by atoms with van der Waals surface area (Å²) in [7, 11) is 3.06. The number of aliphatic hydroxyl groups is 4. The van der Waals surface area contributed by atoms with Crippen molar-refractivity contribution in [1.82, 2.24) is 4.90 Å². The van der Waals surface area contributed by atoms with Crippen molar-refractivity contribution in [2.24, 2.45) is 17.6 Å². The van der Waals surface area contributed by atoms with Crippen molar-refractivity contribution < 1.29 is 39.9 Å². The van der Waals surface area contributed by atoms with Gasteiger partial charge < -0.3 is 31.3 Å². The molecule has 5 rings (SSSR count). The first kappa shape index (κ1) is 27.1. The molecule has 5 atom stereocenters. The molecular weight excluding hydrogens is 492 g/mol. The van der Waals surface area contributed by atoms with E-state index in [0.29, 0.717) is 0 Å². The van der Waals surface area contributed by atoms with E-state index in [9.17, 15) is 39.9 Å². The molecule has 38 heavy (non-hydrogen) atoms. The molecule has 0 aromatic heterocycles. The number of phenolic OH excluding ortho intramolecular Hbond substituents is 1. The molecule has 10 heteroatoms. The molecule has 4 aliphatic carbocycles. The molecule has 4 aliphatic rings. The molecule has 200 valence electrons. The van der Waals surface area contributed by atoms with E-state index in [1.807, 2.05) is 24.3 Å². The average Bonchev–Trinajstić information content (AvgIpc) is 3.30. The van der Waals surface area contributed by atoms with Gasteiger partial charge in [-0.25, -0.2) is 0 Å². The van der Waals surface area contributed by atoms with Crippen LogP contribution < -0.4 is 5.73 Å². The monoisotopic (exact) mass is 522 g/mol. The predicted octanol–water partition coefficient (Wildman–Crippen LogP) is 1.45. The summed E-state index contributed by atoms with van der Waals surface area (Å²) in [5.74, 6) is -7.89. The van der Waals surface area contributed by atoms with E-state index in [-0.39, 0.29) is 17.5 Å². The Labute approximate surface area is 219 Å². The number of carbonyl (C=O) groups is 3. The van der Waals surface area contributed by atoms with Crippen LogP contribution in [0.1, 0.15) is 29.3 Å². The number of phenols is 1. The molecule has 0 saturated heterocycles. The summed E-state index contributed by atoms with van der Waals surface area (Å²) in [5.41, 5.74) is 0.439. The molecule has 1 aromatic carbocycles. The lowest BCUT2D eigenvalue weighted by molar-refractivity contribution is -0.151. The number of amides is 1. The predicted molar refractivity (Wildman–Crippen MR) is 137 cm³/mol. The van der Waals surface area contributed by atoms with E-state index in [0.717, 1.165) is 5.57 Å². The second-order valence-electron chi connectivity index (χ2n) is 10.3. The van der Waals surface area contributed by atoms with Crippen LogP contribution in [0, 0.1) is 11.8 Å². The molecule has 0 unspecified atom stereocenters. The Morgan fingerprint density at radius 3 is 2.21 bits per heavy atom. The van der Waals surface area contributed by atoms with Gasteiger partial charge >= 0.3 is 0 Å². The number of benzene rings is 1. The molecule has 10 nitrogen and oxygen atoms in total. The average molecular weight is 523 g/mol. The van der Waals surface area contributed by atoms with E-state index in [1.54, 1.807) is 0 Å². The van der Waals surface area contributed by atoms with Crippen LogP contribution >= 0.6 is 0 Å². The third kappa shape index (κ3) is 3.72. The maximum Gasteiger partial charge on any atom is 0.255 e. The maximum absolute atomic E-state index is 13.3. The fourth-order valence-corrected chi connectivity index (χ4v) is 5.92. The number of fused-ring (bicyclic) bond motifs is 3. The van der Waals surface area contributed by atoms with Gasteiger partial charge in [0.2, 0.25) is 5.78 Å². The summed E-state index contributed by atoms with van der Waals surface area (Å²) >= 11 is 0. The number of hydrogen-bond donors (Lipinski definition) is 6. The minimum Gasteiger partial charge on any atom is -0.510 e. The molecule has 0 spiro atoms. The number of hydrogen-bond acceptors (Lipinski definition) is 9. The number of nitrogens with two attached hydrogens (primary N) is 1. The minimum atomic E-state index is -2.75. The van der Waals surface area contributed by atoms with E-state index in [4.69, 9.17) is 5.73 Å². The highest BCUT2D eigenvalue weighted by atomic mass is 16.3. The van der Waals surface area contributed by atoms with Gasteiger partial charge in [0.15, 0.2) is 11.4 Å². The molecule has 7 N–H and O–H groups in total. The van der Waals surface area contributed by atoms with Crippen molar-refractivity contribution in [3.63, 3.8) is 0 Å². The Morgan fingerprint density at radius 2 is 1.71 bits per heavy atom. The van der Waals surface area contributed by atoms with Gasteiger partial charge in [-0.1, -0.05) is 43.0 Å². The van der Waals surface area contributed by atoms with Crippen LogP contribution in [0.25, 0.3) is 0 Å². The fraction of sp³-hybridized carbons (Fsp3) is 0.321.